The van der Waals surface area contributed by atoms with E-state index < -0.39 is 0 Å². The van der Waals surface area contributed by atoms with Gasteiger partial charge in [-0.2, -0.15) is 5.26 Å². The zero-order valence-electron chi connectivity index (χ0n) is 62.2. The largest absolute Gasteiger partial charge is 0.309 e. The summed E-state index contributed by atoms with van der Waals surface area (Å²) in [5, 5.41) is 19.7. The highest BCUT2D eigenvalue weighted by Crippen LogP contribution is 2.47. The molecule has 0 spiro atoms. The molecule has 0 amide bonds. The minimum Gasteiger partial charge on any atom is -0.309 e. The van der Waals surface area contributed by atoms with E-state index in [1.165, 1.54) is 0 Å². The second-order valence-electron chi connectivity index (χ2n) is 29.1. The van der Waals surface area contributed by atoms with Crippen molar-refractivity contribution in [1.29, 1.82) is 5.26 Å². The van der Waals surface area contributed by atoms with Gasteiger partial charge in [0.1, 0.15) is 0 Å². The van der Waals surface area contributed by atoms with Crippen LogP contribution in [0.3, 0.4) is 0 Å². The second-order valence-corrected chi connectivity index (χ2v) is 29.1. The fourth-order valence-corrected chi connectivity index (χ4v) is 17.2. The zero-order valence-corrected chi connectivity index (χ0v) is 62.2. The third kappa shape index (κ3) is 11.0. The van der Waals surface area contributed by atoms with Crippen molar-refractivity contribution in [3.63, 3.8) is 0 Å². The Morgan fingerprint density at radius 1 is 0.216 bits per heavy atom. The van der Waals surface area contributed by atoms with Gasteiger partial charge in [0, 0.05) is 82.0 Å². The Kier molecular flexibility index (Phi) is 15.7. The zero-order chi connectivity index (χ0) is 76.9. The normalized spacial score (nSPS) is 11.6. The molecule has 0 aliphatic carbocycles. The summed E-state index contributed by atoms with van der Waals surface area (Å²) in [6, 6.07) is 133. The van der Waals surface area contributed by atoms with Crippen LogP contribution in [-0.2, 0) is 0 Å². The summed E-state index contributed by atoms with van der Waals surface area (Å²) < 4.78 is 9.32. The van der Waals surface area contributed by atoms with Crippen molar-refractivity contribution in [2.75, 3.05) is 0 Å². The van der Waals surface area contributed by atoms with Crippen molar-refractivity contribution in [2.24, 2.45) is 0 Å². The molecule has 12 nitrogen and oxygen atoms in total. The van der Waals surface area contributed by atoms with E-state index >= 15 is 0 Å². The van der Waals surface area contributed by atoms with Crippen LogP contribution in [-0.4, -0.2) is 48.2 Å². The third-order valence-corrected chi connectivity index (χ3v) is 22.5. The van der Waals surface area contributed by atoms with Gasteiger partial charge >= 0.3 is 0 Å². The summed E-state index contributed by atoms with van der Waals surface area (Å²) >= 11 is 0. The van der Waals surface area contributed by atoms with Crippen LogP contribution in [0.25, 0.3) is 217 Å². The SMILES string of the molecule is [C-]#[N+]c1ccc(-n2c3ccccc3c3cc(-c4ccc(-n5c6ccccc6c6ccccc65)c(-c5nc(-c6ccccc6)nc(-c6ccccc6)n5)c4)ccc32)c(-c2cc(C#N)ccc2-n2c3ccccc3c3cc(-c4ccc(-n5c6ccccc6c6ccccc65)c(-c5nc(-c6ccccc6)nc(-c6ccccc6)n5)c4)ccc32)c1. The summed E-state index contributed by atoms with van der Waals surface area (Å²) in [5.74, 6) is 3.36. The highest BCUT2D eigenvalue weighted by Gasteiger charge is 2.27. The maximum absolute atomic E-state index is 11.0. The first-order valence-electron chi connectivity index (χ1n) is 38.6. The van der Waals surface area contributed by atoms with Crippen molar-refractivity contribution >= 4 is 92.9 Å². The van der Waals surface area contributed by atoms with Gasteiger partial charge < -0.3 is 18.3 Å². The van der Waals surface area contributed by atoms with Gasteiger partial charge in [0.15, 0.2) is 40.6 Å². The van der Waals surface area contributed by atoms with Crippen molar-refractivity contribution in [3.05, 3.63) is 393 Å². The molecule has 0 N–H and O–H groups in total. The number of aromatic nitrogens is 10. The number of nitrogens with zero attached hydrogens (tertiary/aromatic N) is 12. The molecule has 0 saturated heterocycles. The predicted octanol–water partition coefficient (Wildman–Crippen LogP) is 25.9. The predicted molar refractivity (Wildman–Crippen MR) is 470 cm³/mol. The Balaban J connectivity index is 0.706. The number of para-hydroxylation sites is 6. The molecule has 6 heterocycles. The van der Waals surface area contributed by atoms with Crippen LogP contribution < -0.4 is 0 Å². The van der Waals surface area contributed by atoms with Crippen LogP contribution >= 0.6 is 0 Å². The van der Waals surface area contributed by atoms with Crippen molar-refractivity contribution in [3.8, 4) is 131 Å². The van der Waals surface area contributed by atoms with Gasteiger partial charge in [0.25, 0.3) is 0 Å². The average molecular weight is 1480 g/mol. The maximum atomic E-state index is 11.0. The molecule has 6 aromatic heterocycles. The molecule has 16 aromatic carbocycles. The summed E-state index contributed by atoms with van der Waals surface area (Å²) in [7, 11) is 0. The Bertz CT molecular complexity index is 7170. The molecule has 0 saturated carbocycles. The van der Waals surface area contributed by atoms with Gasteiger partial charge in [0.2, 0.25) is 0 Å². The number of fused-ring (bicyclic) bond motifs is 12. The van der Waals surface area contributed by atoms with Crippen molar-refractivity contribution in [1.82, 2.24) is 48.2 Å². The minimum absolute atomic E-state index is 0.463. The van der Waals surface area contributed by atoms with Crippen LogP contribution in [0.15, 0.2) is 376 Å². The molecular weight excluding hydrogens is 1420 g/mol. The van der Waals surface area contributed by atoms with E-state index in [-0.39, 0.29) is 0 Å². The number of nitriles is 1. The van der Waals surface area contributed by atoms with Gasteiger partial charge in [-0.05, 0) is 143 Å². The van der Waals surface area contributed by atoms with Gasteiger partial charge in [0.05, 0.1) is 85.1 Å². The van der Waals surface area contributed by atoms with E-state index in [1.807, 2.05) is 146 Å². The molecule has 0 aliphatic heterocycles. The first kappa shape index (κ1) is 66.7. The smallest absolute Gasteiger partial charge is 0.188 e. The van der Waals surface area contributed by atoms with Gasteiger partial charge in [-0.1, -0.05) is 261 Å². The van der Waals surface area contributed by atoms with Crippen LogP contribution in [0.4, 0.5) is 5.69 Å². The molecule has 0 fully saturated rings. The van der Waals surface area contributed by atoms with Crippen LogP contribution in [0.5, 0.6) is 0 Å². The highest BCUT2D eigenvalue weighted by molar-refractivity contribution is 6.15. The second kappa shape index (κ2) is 27.3. The number of hydrogen-bond donors (Lipinski definition) is 0. The van der Waals surface area contributed by atoms with Crippen LogP contribution in [0.2, 0.25) is 0 Å². The Morgan fingerprint density at radius 3 is 0.810 bits per heavy atom. The Labute approximate surface area is 665 Å². The van der Waals surface area contributed by atoms with Crippen molar-refractivity contribution in [2.45, 2.75) is 0 Å². The Morgan fingerprint density at radius 2 is 0.474 bits per heavy atom. The van der Waals surface area contributed by atoms with E-state index in [0.29, 0.717) is 46.2 Å². The minimum atomic E-state index is 0.463. The standard InChI is InChI=1S/C104H62N12/c1-106-74-51-57-96(116-92-45-25-19-39-80(92)83-60-71(48-54-95(83)116)73-50-56-98(114-89-42-22-16-36-77(89)78-37-17-23-43-90(78)114)86(62-73)104-111-101(68-30-10-4-11-31-68)108-102(112-104)69-32-12-5-13-33-69)84(63-74)81-58-65(64-105)46-52-93(81)115-91-44-24-18-38-79(91)82-59-70(47-53-94(82)115)72-49-55-97(113-87-40-20-14-34-75(87)76-35-15-21-41-88(76)113)85(61-72)103-109-99(66-26-6-2-7-27-66)107-100(110-103)67-28-8-3-9-29-67/h2-63H. The monoisotopic (exact) mass is 1480 g/mol. The molecule has 12 heteroatoms. The van der Waals surface area contributed by atoms with Crippen molar-refractivity contribution < 1.29 is 0 Å². The molecule has 22 aromatic rings. The van der Waals surface area contributed by atoms with E-state index in [4.69, 9.17) is 36.5 Å². The topological polar surface area (TPSA) is 125 Å². The lowest BCUT2D eigenvalue weighted by atomic mass is 9.97. The van der Waals surface area contributed by atoms with Gasteiger partial charge in [-0.3, -0.25) is 0 Å². The molecule has 0 radical (unpaired) electrons. The molecular formula is C104H62N12. The van der Waals surface area contributed by atoms with E-state index in [9.17, 15) is 5.26 Å². The van der Waals surface area contributed by atoms with E-state index in [2.05, 4.69) is 260 Å². The maximum Gasteiger partial charge on any atom is 0.188 e. The summed E-state index contributed by atoms with van der Waals surface area (Å²) in [6.07, 6.45) is 0. The molecule has 22 rings (SSSR count). The number of benzene rings is 16. The fourth-order valence-electron chi connectivity index (χ4n) is 17.2. The number of hydrogen-bond acceptors (Lipinski definition) is 7. The van der Waals surface area contributed by atoms with E-state index in [1.54, 1.807) is 0 Å². The first-order valence-corrected chi connectivity index (χ1v) is 38.6. The molecule has 0 bridgehead atoms. The molecule has 538 valence electrons. The quantitative estimate of drug-likeness (QED) is 0.105. The van der Waals surface area contributed by atoms with Crippen LogP contribution in [0.1, 0.15) is 5.56 Å². The lowest BCUT2D eigenvalue weighted by Gasteiger charge is -2.19. The molecule has 0 aliphatic rings. The van der Waals surface area contributed by atoms with Gasteiger partial charge in [-0.15, -0.1) is 0 Å². The van der Waals surface area contributed by atoms with Gasteiger partial charge in [-0.25, -0.2) is 34.7 Å². The third-order valence-electron chi connectivity index (χ3n) is 22.5. The average Bonchev–Trinajstić information content (AvgIpc) is 1.56. The van der Waals surface area contributed by atoms with Crippen LogP contribution in [0, 0.1) is 17.9 Å². The lowest BCUT2D eigenvalue weighted by Crippen LogP contribution is -2.04. The summed E-state index contributed by atoms with van der Waals surface area (Å²) in [5.41, 5.74) is 23.3. The highest BCUT2D eigenvalue weighted by atomic mass is 15.1. The molecule has 0 unspecified atom stereocenters. The first-order chi connectivity index (χ1) is 57.4. The number of rotatable bonds is 13. The summed E-state index contributed by atoms with van der Waals surface area (Å²) in [4.78, 5) is 35.9. The fraction of sp³-hybridized carbons (Fsp3) is 0. The van der Waals surface area contributed by atoms with E-state index in [0.717, 1.165) is 177 Å². The summed E-state index contributed by atoms with van der Waals surface area (Å²) in [6.45, 7) is 8.59. The molecule has 0 atom stereocenters. The lowest BCUT2D eigenvalue weighted by molar-refractivity contribution is 1.06. The Hall–Kier alpha value is -16.3. The molecule has 116 heavy (non-hydrogen) atoms.